The SMILES string of the molecule is CC(C)(C)CNc1c(C#N)cnc2c(C#N)cc(NC(c3cn(C4(C(F)(F)F)CC4)nn3)c3cccc4[nH]ncc34)cc12. The molecule has 3 aromatic heterocycles. The van der Waals surface area contributed by atoms with Gasteiger partial charge in [-0.1, -0.05) is 38.1 Å². The Morgan fingerprint density at radius 2 is 1.84 bits per heavy atom. The number of rotatable bonds is 7. The number of alkyl halides is 3. The molecule has 0 aliphatic heterocycles. The zero-order valence-corrected chi connectivity index (χ0v) is 23.6. The minimum Gasteiger partial charge on any atom is -0.383 e. The van der Waals surface area contributed by atoms with Crippen LogP contribution in [0, 0.1) is 28.1 Å². The van der Waals surface area contributed by atoms with Gasteiger partial charge in [-0.05, 0) is 42.0 Å². The maximum atomic E-state index is 13.9. The van der Waals surface area contributed by atoms with E-state index in [0.717, 1.165) is 15.6 Å². The van der Waals surface area contributed by atoms with E-state index >= 15 is 0 Å². The van der Waals surface area contributed by atoms with Crippen LogP contribution in [0.4, 0.5) is 24.5 Å². The number of benzene rings is 2. The van der Waals surface area contributed by atoms with Gasteiger partial charge < -0.3 is 10.6 Å². The molecule has 0 radical (unpaired) electrons. The molecule has 6 rings (SSSR count). The second kappa shape index (κ2) is 9.98. The van der Waals surface area contributed by atoms with Crippen molar-refractivity contribution in [3.05, 3.63) is 71.3 Å². The van der Waals surface area contributed by atoms with Crippen LogP contribution in [0.15, 0.2) is 48.9 Å². The fraction of sp³-hybridized carbons (Fsp3) is 0.333. The third-order valence-electron chi connectivity index (χ3n) is 7.64. The van der Waals surface area contributed by atoms with Gasteiger partial charge in [-0.2, -0.15) is 28.8 Å². The fourth-order valence-corrected chi connectivity index (χ4v) is 5.20. The summed E-state index contributed by atoms with van der Waals surface area (Å²) in [6.07, 6.45) is -0.188. The van der Waals surface area contributed by atoms with E-state index in [1.54, 1.807) is 18.3 Å². The van der Waals surface area contributed by atoms with Crippen molar-refractivity contribution in [1.29, 1.82) is 10.5 Å². The molecule has 1 aliphatic carbocycles. The van der Waals surface area contributed by atoms with Crippen LogP contribution < -0.4 is 10.6 Å². The van der Waals surface area contributed by atoms with E-state index in [-0.39, 0.29) is 29.5 Å². The molecule has 1 saturated carbocycles. The maximum Gasteiger partial charge on any atom is 0.413 e. The summed E-state index contributed by atoms with van der Waals surface area (Å²) in [5, 5.41) is 43.1. The molecule has 0 spiro atoms. The quantitative estimate of drug-likeness (QED) is 0.206. The topological polar surface area (TPSA) is 144 Å². The first-order chi connectivity index (χ1) is 20.4. The van der Waals surface area contributed by atoms with Gasteiger partial charge in [-0.25, -0.2) is 4.68 Å². The summed E-state index contributed by atoms with van der Waals surface area (Å²) >= 11 is 0. The van der Waals surface area contributed by atoms with Crippen LogP contribution in [0.5, 0.6) is 0 Å². The number of aromatic amines is 1. The molecule has 13 heteroatoms. The molecular weight excluding hydrogens is 557 g/mol. The van der Waals surface area contributed by atoms with Crippen LogP contribution in [0.1, 0.15) is 62.0 Å². The molecule has 10 nitrogen and oxygen atoms in total. The number of nitrogens with zero attached hydrogens (tertiary/aromatic N) is 7. The van der Waals surface area contributed by atoms with Gasteiger partial charge in [0.05, 0.1) is 46.3 Å². The average molecular weight is 585 g/mol. The molecule has 0 bridgehead atoms. The number of anilines is 2. The molecular formula is C30H27F3N10. The summed E-state index contributed by atoms with van der Waals surface area (Å²) in [7, 11) is 0. The Morgan fingerprint density at radius 3 is 2.51 bits per heavy atom. The summed E-state index contributed by atoms with van der Waals surface area (Å²) < 4.78 is 42.7. The van der Waals surface area contributed by atoms with E-state index < -0.39 is 17.8 Å². The third kappa shape index (κ3) is 4.97. The van der Waals surface area contributed by atoms with Gasteiger partial charge in [-0.3, -0.25) is 10.1 Å². The van der Waals surface area contributed by atoms with Crippen molar-refractivity contribution >= 4 is 33.2 Å². The standard InChI is InChI=1S/C30H27F3N10/c1-28(2,3)16-37-26-18(12-35)13-36-25-17(11-34)9-19(10-21(25)26)39-27(20-5-4-6-23-22(20)14-38-40-23)24-15-43(42-41-24)29(7-8-29)30(31,32)33/h4-6,9-10,13-15,27,39H,7-8,16H2,1-3H3,(H,36,37)(H,38,40). The fourth-order valence-electron chi connectivity index (χ4n) is 5.20. The highest BCUT2D eigenvalue weighted by Gasteiger charge is 2.66. The van der Waals surface area contributed by atoms with Crippen LogP contribution in [-0.2, 0) is 5.54 Å². The molecule has 1 fully saturated rings. The summed E-state index contributed by atoms with van der Waals surface area (Å²) in [6.45, 7) is 6.72. The van der Waals surface area contributed by atoms with Crippen LogP contribution in [0.3, 0.4) is 0 Å². The second-order valence-corrected chi connectivity index (χ2v) is 12.0. The van der Waals surface area contributed by atoms with Crippen molar-refractivity contribution in [3.8, 4) is 12.1 Å². The van der Waals surface area contributed by atoms with E-state index in [2.05, 4.69) is 69.0 Å². The van der Waals surface area contributed by atoms with Crippen molar-refractivity contribution in [2.45, 2.75) is 51.4 Å². The number of fused-ring (bicyclic) bond motifs is 2. The first-order valence-electron chi connectivity index (χ1n) is 13.6. The van der Waals surface area contributed by atoms with Crippen molar-refractivity contribution in [1.82, 2.24) is 30.2 Å². The highest BCUT2D eigenvalue weighted by atomic mass is 19.4. The Morgan fingerprint density at radius 1 is 1.07 bits per heavy atom. The van der Waals surface area contributed by atoms with E-state index in [9.17, 15) is 23.7 Å². The van der Waals surface area contributed by atoms with Gasteiger partial charge in [0.15, 0.2) is 5.54 Å². The Kier molecular flexibility index (Phi) is 6.49. The molecule has 3 N–H and O–H groups in total. The molecule has 2 aromatic carbocycles. The number of hydrogen-bond acceptors (Lipinski definition) is 8. The molecule has 1 unspecified atom stereocenters. The van der Waals surface area contributed by atoms with Crippen LogP contribution in [0.25, 0.3) is 21.8 Å². The summed E-state index contributed by atoms with van der Waals surface area (Å²) in [6, 6.07) is 12.5. The van der Waals surface area contributed by atoms with Crippen LogP contribution in [0.2, 0.25) is 0 Å². The molecule has 0 amide bonds. The normalized spacial score (nSPS) is 15.2. The van der Waals surface area contributed by atoms with Crippen LogP contribution >= 0.6 is 0 Å². The zero-order chi connectivity index (χ0) is 30.6. The smallest absolute Gasteiger partial charge is 0.383 e. The number of nitriles is 2. The minimum atomic E-state index is -4.46. The number of aromatic nitrogens is 6. The number of H-pyrrole nitrogens is 1. The lowest BCUT2D eigenvalue weighted by molar-refractivity contribution is -0.182. The number of halogens is 3. The van der Waals surface area contributed by atoms with Gasteiger partial charge in [0, 0.05) is 29.2 Å². The van der Waals surface area contributed by atoms with Crippen molar-refractivity contribution < 1.29 is 13.2 Å². The highest BCUT2D eigenvalue weighted by molar-refractivity contribution is 5.99. The zero-order valence-electron chi connectivity index (χ0n) is 23.6. The predicted molar refractivity (Wildman–Crippen MR) is 154 cm³/mol. The number of pyridine rings is 1. The van der Waals surface area contributed by atoms with Crippen molar-refractivity contribution in [2.24, 2.45) is 5.41 Å². The first-order valence-corrected chi connectivity index (χ1v) is 13.6. The Labute approximate surface area is 244 Å². The second-order valence-electron chi connectivity index (χ2n) is 12.0. The maximum absolute atomic E-state index is 13.9. The molecule has 3 heterocycles. The summed E-state index contributed by atoms with van der Waals surface area (Å²) in [5.41, 5.74) is 1.56. The summed E-state index contributed by atoms with van der Waals surface area (Å²) in [4.78, 5) is 4.40. The Bertz CT molecular complexity index is 1930. The monoisotopic (exact) mass is 584 g/mol. The Hall–Kier alpha value is -5.17. The first kappa shape index (κ1) is 28.0. The van der Waals surface area contributed by atoms with Gasteiger partial charge in [0.1, 0.15) is 17.8 Å². The minimum absolute atomic E-state index is 0.0660. The van der Waals surface area contributed by atoms with E-state index in [0.29, 0.717) is 39.9 Å². The van der Waals surface area contributed by atoms with Crippen molar-refractivity contribution in [3.63, 3.8) is 0 Å². The third-order valence-corrected chi connectivity index (χ3v) is 7.64. The average Bonchev–Trinajstić information content (AvgIpc) is 3.41. The van der Waals surface area contributed by atoms with E-state index in [1.165, 1.54) is 12.4 Å². The van der Waals surface area contributed by atoms with Gasteiger partial charge in [0.2, 0.25) is 0 Å². The van der Waals surface area contributed by atoms with E-state index in [1.807, 2.05) is 18.2 Å². The predicted octanol–water partition coefficient (Wildman–Crippen LogP) is 6.16. The lowest BCUT2D eigenvalue weighted by Crippen LogP contribution is -2.35. The molecule has 5 aromatic rings. The lowest BCUT2D eigenvalue weighted by Gasteiger charge is -2.23. The Balaban J connectivity index is 1.50. The van der Waals surface area contributed by atoms with Crippen molar-refractivity contribution in [2.75, 3.05) is 17.2 Å². The highest BCUT2D eigenvalue weighted by Crippen LogP contribution is 2.55. The largest absolute Gasteiger partial charge is 0.413 e. The number of hydrogen-bond donors (Lipinski definition) is 3. The molecule has 0 saturated heterocycles. The molecule has 218 valence electrons. The lowest BCUT2D eigenvalue weighted by atomic mass is 9.96. The molecule has 43 heavy (non-hydrogen) atoms. The van der Waals surface area contributed by atoms with Crippen LogP contribution in [-0.4, -0.2) is 42.9 Å². The summed E-state index contributed by atoms with van der Waals surface area (Å²) in [5.74, 6) is 0. The molecule has 1 aliphatic rings. The van der Waals surface area contributed by atoms with Gasteiger partial charge in [-0.15, -0.1) is 5.10 Å². The van der Waals surface area contributed by atoms with Gasteiger partial charge >= 0.3 is 6.18 Å². The molecule has 1 atom stereocenters. The van der Waals surface area contributed by atoms with Gasteiger partial charge in [0.25, 0.3) is 0 Å². The van der Waals surface area contributed by atoms with E-state index in [4.69, 9.17) is 0 Å². The number of nitrogens with one attached hydrogen (secondary N) is 3.